The van der Waals surface area contributed by atoms with E-state index in [1.54, 1.807) is 0 Å². The van der Waals surface area contributed by atoms with Crippen molar-refractivity contribution in [2.75, 3.05) is 0 Å². The molecule has 0 spiro atoms. The highest BCUT2D eigenvalue weighted by Gasteiger charge is 2.15. The minimum atomic E-state index is -1.20. The van der Waals surface area contributed by atoms with E-state index in [2.05, 4.69) is 4.98 Å². The Morgan fingerprint density at radius 2 is 1.94 bits per heavy atom. The summed E-state index contributed by atoms with van der Waals surface area (Å²) < 4.78 is 13.9. The van der Waals surface area contributed by atoms with Gasteiger partial charge in [-0.25, -0.2) is 14.0 Å². The molecule has 0 radical (unpaired) electrons. The van der Waals surface area contributed by atoms with Gasteiger partial charge in [0.25, 0.3) is 0 Å². The number of benzene rings is 1. The summed E-state index contributed by atoms with van der Waals surface area (Å²) in [6, 6.07) is 5.12. The summed E-state index contributed by atoms with van der Waals surface area (Å²) in [5.41, 5.74) is -0.264. The minimum absolute atomic E-state index is 0.0330. The first-order valence-corrected chi connectivity index (χ1v) is 5.06. The second kappa shape index (κ2) is 4.40. The first-order valence-electron chi connectivity index (χ1n) is 5.06. The van der Waals surface area contributed by atoms with E-state index in [4.69, 9.17) is 5.11 Å². The molecule has 5 nitrogen and oxygen atoms in total. The second-order valence-corrected chi connectivity index (χ2v) is 3.71. The number of carboxylic acids is 1. The van der Waals surface area contributed by atoms with Gasteiger partial charge in [0.15, 0.2) is 0 Å². The topological polar surface area (TPSA) is 72.2 Å². The molecule has 1 aromatic carbocycles. The molecule has 0 fully saturated rings. The Morgan fingerprint density at radius 3 is 2.50 bits per heavy atom. The maximum absolute atomic E-state index is 12.8. The van der Waals surface area contributed by atoms with E-state index in [1.165, 1.54) is 37.5 Å². The lowest BCUT2D eigenvalue weighted by Gasteiger charge is -2.06. The van der Waals surface area contributed by atoms with Gasteiger partial charge in [-0.2, -0.15) is 4.98 Å². The maximum atomic E-state index is 12.8. The molecule has 0 saturated carbocycles. The number of halogens is 1. The normalized spacial score (nSPS) is 10.3. The van der Waals surface area contributed by atoms with Gasteiger partial charge in [0.05, 0.1) is 5.69 Å². The summed E-state index contributed by atoms with van der Waals surface area (Å²) in [5.74, 6) is -1.64. The molecule has 0 bridgehead atoms. The SMILES string of the molecule is Cn1cc(C(=O)O)c(-c2ccc(F)cc2)nc1=O. The van der Waals surface area contributed by atoms with Crippen molar-refractivity contribution in [3.63, 3.8) is 0 Å². The number of aryl methyl sites for hydroxylation is 1. The van der Waals surface area contributed by atoms with Crippen LogP contribution in [-0.2, 0) is 7.05 Å². The summed E-state index contributed by atoms with van der Waals surface area (Å²) in [6.07, 6.45) is 1.19. The standard InChI is InChI=1S/C12H9FN2O3/c1-15-6-9(11(16)17)10(14-12(15)18)7-2-4-8(13)5-3-7/h2-6H,1H3,(H,16,17). The maximum Gasteiger partial charge on any atom is 0.347 e. The summed E-state index contributed by atoms with van der Waals surface area (Å²) in [5, 5.41) is 9.07. The smallest absolute Gasteiger partial charge is 0.347 e. The van der Waals surface area contributed by atoms with Crippen LogP contribution in [0.5, 0.6) is 0 Å². The lowest BCUT2D eigenvalue weighted by Crippen LogP contribution is -2.22. The number of nitrogens with zero attached hydrogens (tertiary/aromatic N) is 2. The van der Waals surface area contributed by atoms with Crippen LogP contribution in [-0.4, -0.2) is 20.6 Å². The average molecular weight is 248 g/mol. The van der Waals surface area contributed by atoms with Crippen molar-refractivity contribution in [1.82, 2.24) is 9.55 Å². The molecular weight excluding hydrogens is 239 g/mol. The highest BCUT2D eigenvalue weighted by Crippen LogP contribution is 2.20. The fraction of sp³-hybridized carbons (Fsp3) is 0.0833. The summed E-state index contributed by atoms with van der Waals surface area (Å²) in [4.78, 5) is 26.2. The van der Waals surface area contributed by atoms with Gasteiger partial charge in [0.2, 0.25) is 0 Å². The summed E-state index contributed by atoms with van der Waals surface area (Å²) in [6.45, 7) is 0. The molecule has 6 heteroatoms. The third-order valence-electron chi connectivity index (χ3n) is 2.44. The number of carbonyl (C=O) groups is 1. The summed E-state index contributed by atoms with van der Waals surface area (Å²) >= 11 is 0. The molecule has 0 aliphatic heterocycles. The lowest BCUT2D eigenvalue weighted by molar-refractivity contribution is 0.0696. The predicted octanol–water partition coefficient (Wildman–Crippen LogP) is 1.28. The van der Waals surface area contributed by atoms with Crippen molar-refractivity contribution in [2.45, 2.75) is 0 Å². The third kappa shape index (κ3) is 2.13. The van der Waals surface area contributed by atoms with Crippen LogP contribution in [0.3, 0.4) is 0 Å². The fourth-order valence-electron chi connectivity index (χ4n) is 1.53. The molecule has 0 saturated heterocycles. The van der Waals surface area contributed by atoms with E-state index in [0.717, 1.165) is 4.57 Å². The zero-order valence-electron chi connectivity index (χ0n) is 9.42. The molecule has 0 aliphatic rings. The fourth-order valence-corrected chi connectivity index (χ4v) is 1.53. The average Bonchev–Trinajstić information content (AvgIpc) is 2.33. The predicted molar refractivity (Wildman–Crippen MR) is 61.8 cm³/mol. The molecule has 0 atom stereocenters. The van der Waals surface area contributed by atoms with Crippen molar-refractivity contribution < 1.29 is 14.3 Å². The monoisotopic (exact) mass is 248 g/mol. The molecule has 18 heavy (non-hydrogen) atoms. The molecule has 0 amide bonds. The van der Waals surface area contributed by atoms with Gasteiger partial charge in [-0.15, -0.1) is 0 Å². The Hall–Kier alpha value is -2.50. The van der Waals surface area contributed by atoms with Crippen molar-refractivity contribution in [1.29, 1.82) is 0 Å². The number of aromatic nitrogens is 2. The first-order chi connectivity index (χ1) is 8.49. The highest BCUT2D eigenvalue weighted by atomic mass is 19.1. The number of aromatic carboxylic acids is 1. The third-order valence-corrected chi connectivity index (χ3v) is 2.44. The highest BCUT2D eigenvalue weighted by molar-refractivity contribution is 5.94. The quantitative estimate of drug-likeness (QED) is 0.869. The number of carboxylic acid groups (broad SMARTS) is 1. The van der Waals surface area contributed by atoms with E-state index in [-0.39, 0.29) is 11.3 Å². The minimum Gasteiger partial charge on any atom is -0.478 e. The van der Waals surface area contributed by atoms with Crippen LogP contribution in [0.4, 0.5) is 4.39 Å². The van der Waals surface area contributed by atoms with Crippen molar-refractivity contribution in [3.05, 3.63) is 52.3 Å². The van der Waals surface area contributed by atoms with Crippen LogP contribution in [0.25, 0.3) is 11.3 Å². The number of hydrogen-bond acceptors (Lipinski definition) is 3. The van der Waals surface area contributed by atoms with Crippen LogP contribution in [0.2, 0.25) is 0 Å². The van der Waals surface area contributed by atoms with E-state index < -0.39 is 17.5 Å². The van der Waals surface area contributed by atoms with E-state index in [0.29, 0.717) is 5.56 Å². The molecule has 1 N–H and O–H groups in total. The Balaban J connectivity index is 2.69. The van der Waals surface area contributed by atoms with Crippen LogP contribution in [0, 0.1) is 5.82 Å². The molecule has 1 aromatic heterocycles. The van der Waals surface area contributed by atoms with Crippen LogP contribution in [0.15, 0.2) is 35.3 Å². The largest absolute Gasteiger partial charge is 0.478 e. The van der Waals surface area contributed by atoms with Crippen molar-refractivity contribution in [3.8, 4) is 11.3 Å². The molecule has 92 valence electrons. The van der Waals surface area contributed by atoms with Crippen LogP contribution >= 0.6 is 0 Å². The number of hydrogen-bond donors (Lipinski definition) is 1. The van der Waals surface area contributed by atoms with Gasteiger partial charge in [-0.3, -0.25) is 0 Å². The summed E-state index contributed by atoms with van der Waals surface area (Å²) in [7, 11) is 1.41. The van der Waals surface area contributed by atoms with Gasteiger partial charge in [0, 0.05) is 18.8 Å². The molecule has 1 heterocycles. The molecule has 0 aliphatic carbocycles. The lowest BCUT2D eigenvalue weighted by atomic mass is 10.1. The zero-order valence-corrected chi connectivity index (χ0v) is 9.42. The first kappa shape index (κ1) is 12.0. The van der Waals surface area contributed by atoms with Crippen molar-refractivity contribution >= 4 is 5.97 Å². The Morgan fingerprint density at radius 1 is 1.33 bits per heavy atom. The molecule has 0 unspecified atom stereocenters. The van der Waals surface area contributed by atoms with Crippen LogP contribution in [0.1, 0.15) is 10.4 Å². The Kier molecular flexibility index (Phi) is 2.93. The second-order valence-electron chi connectivity index (χ2n) is 3.71. The van der Waals surface area contributed by atoms with Crippen LogP contribution < -0.4 is 5.69 Å². The van der Waals surface area contributed by atoms with Gasteiger partial charge in [-0.1, -0.05) is 0 Å². The molecule has 2 rings (SSSR count). The van der Waals surface area contributed by atoms with E-state index >= 15 is 0 Å². The molecule has 2 aromatic rings. The Labute approximate surface area is 101 Å². The van der Waals surface area contributed by atoms with E-state index in [9.17, 15) is 14.0 Å². The van der Waals surface area contributed by atoms with Gasteiger partial charge in [0.1, 0.15) is 11.4 Å². The van der Waals surface area contributed by atoms with Gasteiger partial charge in [-0.05, 0) is 24.3 Å². The Bertz CT molecular complexity index is 662. The zero-order chi connectivity index (χ0) is 13.3. The van der Waals surface area contributed by atoms with E-state index in [1.807, 2.05) is 0 Å². The van der Waals surface area contributed by atoms with Gasteiger partial charge >= 0.3 is 11.7 Å². The number of rotatable bonds is 2. The molecular formula is C12H9FN2O3. The van der Waals surface area contributed by atoms with Crippen molar-refractivity contribution in [2.24, 2.45) is 7.05 Å². The van der Waals surface area contributed by atoms with Gasteiger partial charge < -0.3 is 9.67 Å².